The smallest absolute Gasteiger partial charge is 0.230 e. The third-order valence-corrected chi connectivity index (χ3v) is 4.69. The van der Waals surface area contributed by atoms with Crippen LogP contribution in [0.3, 0.4) is 0 Å². The molecule has 0 aromatic heterocycles. The molecule has 2 fully saturated rings. The van der Waals surface area contributed by atoms with Crippen LogP contribution in [0.2, 0.25) is 0 Å². The molecule has 4 nitrogen and oxygen atoms in total. The average molecular weight is 258 g/mol. The maximum Gasteiger partial charge on any atom is 0.230 e. The van der Waals surface area contributed by atoms with E-state index in [0.29, 0.717) is 17.0 Å². The number of ether oxygens (including phenoxy) is 1. The molecule has 0 spiro atoms. The van der Waals surface area contributed by atoms with Crippen LogP contribution in [0.4, 0.5) is 0 Å². The highest BCUT2D eigenvalue weighted by Crippen LogP contribution is 2.19. The van der Waals surface area contributed by atoms with Gasteiger partial charge in [0.1, 0.15) is 0 Å². The fraction of sp³-hybridized carbons (Fsp3) is 0.917. The lowest BCUT2D eigenvalue weighted by atomic mass is 10.1. The van der Waals surface area contributed by atoms with Crippen LogP contribution in [0, 0.1) is 0 Å². The van der Waals surface area contributed by atoms with Crippen molar-refractivity contribution in [3.8, 4) is 0 Å². The molecule has 0 saturated carbocycles. The van der Waals surface area contributed by atoms with Crippen molar-refractivity contribution >= 4 is 17.7 Å². The minimum atomic E-state index is 0.195. The van der Waals surface area contributed by atoms with Gasteiger partial charge in [-0.25, -0.2) is 0 Å². The Bertz CT molecular complexity index is 239. The first kappa shape index (κ1) is 13.2. The number of piperidine rings is 1. The van der Waals surface area contributed by atoms with E-state index in [1.54, 1.807) is 0 Å². The zero-order chi connectivity index (χ0) is 11.9. The van der Waals surface area contributed by atoms with Gasteiger partial charge in [0.15, 0.2) is 0 Å². The Labute approximate surface area is 107 Å². The van der Waals surface area contributed by atoms with Gasteiger partial charge in [-0.15, -0.1) is 11.8 Å². The van der Waals surface area contributed by atoms with Crippen molar-refractivity contribution in [2.24, 2.45) is 0 Å². The second-order valence-corrected chi connectivity index (χ2v) is 6.00. The predicted molar refractivity (Wildman–Crippen MR) is 70.3 cm³/mol. The van der Waals surface area contributed by atoms with E-state index < -0.39 is 0 Å². The van der Waals surface area contributed by atoms with Crippen LogP contribution >= 0.6 is 11.8 Å². The number of carbonyl (C=O) groups is 1. The Morgan fingerprint density at radius 2 is 1.94 bits per heavy atom. The molecule has 2 aliphatic rings. The highest BCUT2D eigenvalue weighted by atomic mass is 32.2. The van der Waals surface area contributed by atoms with Gasteiger partial charge in [-0.1, -0.05) is 0 Å². The van der Waals surface area contributed by atoms with Crippen LogP contribution in [0.25, 0.3) is 0 Å². The number of rotatable bonds is 4. The van der Waals surface area contributed by atoms with E-state index in [4.69, 9.17) is 4.74 Å². The molecular weight excluding hydrogens is 236 g/mol. The van der Waals surface area contributed by atoms with Gasteiger partial charge in [0.2, 0.25) is 5.91 Å². The van der Waals surface area contributed by atoms with Gasteiger partial charge in [0.05, 0.1) is 5.75 Å². The van der Waals surface area contributed by atoms with E-state index in [2.05, 4.69) is 10.6 Å². The molecule has 0 aromatic rings. The summed E-state index contributed by atoms with van der Waals surface area (Å²) in [5.41, 5.74) is 0. The van der Waals surface area contributed by atoms with Gasteiger partial charge in [0, 0.05) is 24.5 Å². The van der Waals surface area contributed by atoms with Gasteiger partial charge in [-0.3, -0.25) is 4.79 Å². The third kappa shape index (κ3) is 4.85. The molecular formula is C12H22N2O2S. The minimum Gasteiger partial charge on any atom is -0.381 e. The number of nitrogens with one attached hydrogen (secondary N) is 2. The van der Waals surface area contributed by atoms with Gasteiger partial charge < -0.3 is 15.4 Å². The van der Waals surface area contributed by atoms with Crippen molar-refractivity contribution in [3.63, 3.8) is 0 Å². The average Bonchev–Trinajstić information content (AvgIpc) is 2.39. The fourth-order valence-electron chi connectivity index (χ4n) is 2.27. The highest BCUT2D eigenvalue weighted by molar-refractivity contribution is 8.00. The lowest BCUT2D eigenvalue weighted by Crippen LogP contribution is -2.40. The second-order valence-electron chi connectivity index (χ2n) is 4.71. The van der Waals surface area contributed by atoms with Gasteiger partial charge in [-0.05, 0) is 38.8 Å². The number of carbonyl (C=O) groups excluding carboxylic acids is 1. The predicted octanol–water partition coefficient (Wildman–Crippen LogP) is 0.767. The summed E-state index contributed by atoms with van der Waals surface area (Å²) in [5.74, 6) is 0.808. The molecule has 0 unspecified atom stereocenters. The summed E-state index contributed by atoms with van der Waals surface area (Å²) in [6.07, 6.45) is 4.30. The van der Waals surface area contributed by atoms with Crippen molar-refractivity contribution < 1.29 is 9.53 Å². The first-order valence-corrected chi connectivity index (χ1v) is 7.59. The van der Waals surface area contributed by atoms with Crippen molar-refractivity contribution in [1.82, 2.24) is 10.6 Å². The highest BCUT2D eigenvalue weighted by Gasteiger charge is 2.18. The number of hydrogen-bond acceptors (Lipinski definition) is 4. The molecule has 2 heterocycles. The Hall–Kier alpha value is -0.260. The van der Waals surface area contributed by atoms with Gasteiger partial charge in [0.25, 0.3) is 0 Å². The standard InChI is InChI=1S/C12H22N2O2S/c15-12(14-10-3-7-16-8-4-10)9-17-11-1-5-13-6-2-11/h10-11,13H,1-9H2,(H,14,15). The van der Waals surface area contributed by atoms with E-state index in [1.807, 2.05) is 11.8 Å². The lowest BCUT2D eigenvalue weighted by molar-refractivity contribution is -0.119. The first-order chi connectivity index (χ1) is 8.34. The second kappa shape index (κ2) is 7.24. The normalized spacial score (nSPS) is 23.5. The molecule has 2 aliphatic heterocycles. The zero-order valence-electron chi connectivity index (χ0n) is 10.2. The molecule has 98 valence electrons. The number of hydrogen-bond donors (Lipinski definition) is 2. The Balaban J connectivity index is 1.59. The van der Waals surface area contributed by atoms with E-state index in [-0.39, 0.29) is 5.91 Å². The summed E-state index contributed by atoms with van der Waals surface area (Å²) < 4.78 is 5.27. The molecule has 2 rings (SSSR count). The van der Waals surface area contributed by atoms with Crippen LogP contribution < -0.4 is 10.6 Å². The monoisotopic (exact) mass is 258 g/mol. The van der Waals surface area contributed by atoms with Crippen molar-refractivity contribution in [3.05, 3.63) is 0 Å². The Morgan fingerprint density at radius 1 is 1.24 bits per heavy atom. The molecule has 2 N–H and O–H groups in total. The summed E-state index contributed by atoms with van der Waals surface area (Å²) in [6, 6.07) is 0.338. The van der Waals surface area contributed by atoms with E-state index in [9.17, 15) is 4.79 Å². The van der Waals surface area contributed by atoms with E-state index in [1.165, 1.54) is 12.8 Å². The molecule has 0 atom stereocenters. The molecule has 0 radical (unpaired) electrons. The number of amides is 1. The molecule has 2 saturated heterocycles. The van der Waals surface area contributed by atoms with Crippen LogP contribution in [-0.4, -0.2) is 49.3 Å². The number of thioether (sulfide) groups is 1. The van der Waals surface area contributed by atoms with Gasteiger partial charge in [-0.2, -0.15) is 0 Å². The molecule has 5 heteroatoms. The van der Waals surface area contributed by atoms with Crippen molar-refractivity contribution in [1.29, 1.82) is 0 Å². The molecule has 17 heavy (non-hydrogen) atoms. The molecule has 0 bridgehead atoms. The van der Waals surface area contributed by atoms with Crippen LogP contribution in [0.5, 0.6) is 0 Å². The first-order valence-electron chi connectivity index (χ1n) is 6.54. The topological polar surface area (TPSA) is 50.4 Å². The minimum absolute atomic E-state index is 0.195. The van der Waals surface area contributed by atoms with E-state index >= 15 is 0 Å². The van der Waals surface area contributed by atoms with Crippen LogP contribution in [0.15, 0.2) is 0 Å². The SMILES string of the molecule is O=C(CSC1CCNCC1)NC1CCOCC1. The van der Waals surface area contributed by atoms with Crippen LogP contribution in [-0.2, 0) is 9.53 Å². The summed E-state index contributed by atoms with van der Waals surface area (Å²) in [6.45, 7) is 3.76. The molecule has 1 amide bonds. The lowest BCUT2D eigenvalue weighted by Gasteiger charge is -2.24. The summed E-state index contributed by atoms with van der Waals surface area (Å²) in [5, 5.41) is 7.11. The van der Waals surface area contributed by atoms with Gasteiger partial charge >= 0.3 is 0 Å². The Kier molecular flexibility index (Phi) is 5.61. The van der Waals surface area contributed by atoms with Crippen LogP contribution in [0.1, 0.15) is 25.7 Å². The summed E-state index contributed by atoms with van der Waals surface area (Å²) in [4.78, 5) is 11.8. The zero-order valence-corrected chi connectivity index (χ0v) is 11.1. The summed E-state index contributed by atoms with van der Waals surface area (Å²) >= 11 is 1.81. The largest absolute Gasteiger partial charge is 0.381 e. The molecule has 0 aliphatic carbocycles. The summed E-state index contributed by atoms with van der Waals surface area (Å²) in [7, 11) is 0. The quantitative estimate of drug-likeness (QED) is 0.782. The third-order valence-electron chi connectivity index (χ3n) is 3.32. The van der Waals surface area contributed by atoms with Crippen molar-refractivity contribution in [2.75, 3.05) is 32.1 Å². The fourth-order valence-corrected chi connectivity index (χ4v) is 3.31. The molecule has 0 aromatic carbocycles. The maximum atomic E-state index is 11.8. The van der Waals surface area contributed by atoms with E-state index in [0.717, 1.165) is 39.1 Å². The Morgan fingerprint density at radius 3 is 2.65 bits per heavy atom. The maximum absolute atomic E-state index is 11.8. The van der Waals surface area contributed by atoms with Crippen molar-refractivity contribution in [2.45, 2.75) is 37.0 Å².